The van der Waals surface area contributed by atoms with Crippen LogP contribution in [0.1, 0.15) is 17.2 Å². The van der Waals surface area contributed by atoms with Crippen LogP contribution in [0, 0.1) is 0 Å². The molecule has 0 aliphatic rings. The third kappa shape index (κ3) is 4.08. The van der Waals surface area contributed by atoms with Gasteiger partial charge >= 0.3 is 0 Å². The Morgan fingerprint density at radius 1 is 1.05 bits per heavy atom. The molecule has 2 N–H and O–H groups in total. The monoisotopic (exact) mass is 271 g/mol. The maximum absolute atomic E-state index is 9.03. The van der Waals surface area contributed by atoms with E-state index >= 15 is 0 Å². The van der Waals surface area contributed by atoms with Gasteiger partial charge in [0, 0.05) is 12.6 Å². The molecule has 0 fully saturated rings. The fourth-order valence-corrected chi connectivity index (χ4v) is 2.23. The van der Waals surface area contributed by atoms with Crippen LogP contribution in [0.5, 0.6) is 5.75 Å². The van der Waals surface area contributed by atoms with Crippen molar-refractivity contribution in [3.05, 3.63) is 65.7 Å². The lowest BCUT2D eigenvalue weighted by atomic mass is 9.99. The van der Waals surface area contributed by atoms with Crippen molar-refractivity contribution in [3.8, 4) is 5.75 Å². The second kappa shape index (κ2) is 7.68. The van der Waals surface area contributed by atoms with Crippen LogP contribution in [0.3, 0.4) is 0 Å². The minimum absolute atomic E-state index is 0.140. The summed E-state index contributed by atoms with van der Waals surface area (Å²) in [6, 6.07) is 18.6. The Labute approximate surface area is 120 Å². The van der Waals surface area contributed by atoms with Crippen LogP contribution in [0.25, 0.3) is 0 Å². The molecule has 20 heavy (non-hydrogen) atoms. The molecule has 3 heteroatoms. The van der Waals surface area contributed by atoms with E-state index in [2.05, 4.69) is 29.6 Å². The van der Waals surface area contributed by atoms with Crippen molar-refractivity contribution in [2.75, 3.05) is 20.3 Å². The number of rotatable bonds is 7. The van der Waals surface area contributed by atoms with Crippen LogP contribution in [0.15, 0.2) is 54.6 Å². The fraction of sp³-hybridized carbons (Fsp3) is 0.294. The Kier molecular flexibility index (Phi) is 5.59. The van der Waals surface area contributed by atoms with E-state index in [0.29, 0.717) is 6.54 Å². The lowest BCUT2D eigenvalue weighted by molar-refractivity contribution is 0.284. The Morgan fingerprint density at radius 2 is 1.75 bits per heavy atom. The summed E-state index contributed by atoms with van der Waals surface area (Å²) in [7, 11) is 1.67. The van der Waals surface area contributed by atoms with Gasteiger partial charge in [0.2, 0.25) is 0 Å². The number of ether oxygens (including phenoxy) is 1. The molecule has 0 aliphatic carbocycles. The van der Waals surface area contributed by atoms with Crippen molar-refractivity contribution in [2.45, 2.75) is 12.5 Å². The zero-order valence-corrected chi connectivity index (χ0v) is 11.8. The van der Waals surface area contributed by atoms with Gasteiger partial charge in [-0.05, 0) is 29.7 Å². The van der Waals surface area contributed by atoms with Crippen LogP contribution in [0.4, 0.5) is 0 Å². The molecule has 0 aliphatic heterocycles. The summed E-state index contributed by atoms with van der Waals surface area (Å²) in [6.45, 7) is 0.727. The third-order valence-electron chi connectivity index (χ3n) is 3.30. The number of hydrogen-bond acceptors (Lipinski definition) is 3. The molecule has 2 aromatic carbocycles. The van der Waals surface area contributed by atoms with Crippen molar-refractivity contribution in [2.24, 2.45) is 0 Å². The first-order chi connectivity index (χ1) is 9.83. The van der Waals surface area contributed by atoms with Gasteiger partial charge in [-0.15, -0.1) is 0 Å². The quantitative estimate of drug-likeness (QED) is 0.813. The summed E-state index contributed by atoms with van der Waals surface area (Å²) in [6.07, 6.45) is 0.896. The van der Waals surface area contributed by atoms with E-state index in [1.807, 2.05) is 30.3 Å². The highest BCUT2D eigenvalue weighted by atomic mass is 16.5. The topological polar surface area (TPSA) is 41.5 Å². The summed E-state index contributed by atoms with van der Waals surface area (Å²) in [5.41, 5.74) is 2.47. The smallest absolute Gasteiger partial charge is 0.118 e. The van der Waals surface area contributed by atoms with Crippen molar-refractivity contribution in [1.82, 2.24) is 5.32 Å². The van der Waals surface area contributed by atoms with Crippen LogP contribution in [-0.4, -0.2) is 25.4 Å². The minimum atomic E-state index is 0.140. The summed E-state index contributed by atoms with van der Waals surface area (Å²) >= 11 is 0. The Hall–Kier alpha value is -1.84. The number of aliphatic hydroxyl groups is 1. The van der Waals surface area contributed by atoms with Crippen molar-refractivity contribution < 1.29 is 9.84 Å². The molecule has 0 amide bonds. The van der Waals surface area contributed by atoms with Gasteiger partial charge < -0.3 is 15.2 Å². The van der Waals surface area contributed by atoms with E-state index in [1.165, 1.54) is 11.1 Å². The summed E-state index contributed by atoms with van der Waals surface area (Å²) < 4.78 is 5.19. The predicted molar refractivity (Wildman–Crippen MR) is 81.0 cm³/mol. The van der Waals surface area contributed by atoms with Crippen molar-refractivity contribution in [3.63, 3.8) is 0 Å². The van der Waals surface area contributed by atoms with Gasteiger partial charge in [0.25, 0.3) is 0 Å². The molecule has 0 aromatic heterocycles. The number of aliphatic hydroxyl groups excluding tert-OH is 1. The Bertz CT molecular complexity index is 496. The average molecular weight is 271 g/mol. The van der Waals surface area contributed by atoms with E-state index in [1.54, 1.807) is 7.11 Å². The SMILES string of the molecule is COc1ccc(C(Cc2ccccc2)NCCO)cc1. The van der Waals surface area contributed by atoms with Crippen LogP contribution in [0.2, 0.25) is 0 Å². The first-order valence-electron chi connectivity index (χ1n) is 6.85. The molecule has 0 saturated carbocycles. The van der Waals surface area contributed by atoms with E-state index in [4.69, 9.17) is 9.84 Å². The average Bonchev–Trinajstić information content (AvgIpc) is 2.52. The van der Waals surface area contributed by atoms with Gasteiger partial charge in [0.15, 0.2) is 0 Å². The molecular formula is C17H21NO2. The van der Waals surface area contributed by atoms with Crippen molar-refractivity contribution >= 4 is 0 Å². The molecule has 0 radical (unpaired) electrons. The molecule has 1 unspecified atom stereocenters. The summed E-state index contributed by atoms with van der Waals surface area (Å²) in [5, 5.41) is 12.4. The van der Waals surface area contributed by atoms with Gasteiger partial charge in [0.05, 0.1) is 13.7 Å². The maximum Gasteiger partial charge on any atom is 0.118 e. The lowest BCUT2D eigenvalue weighted by Gasteiger charge is -2.19. The molecule has 1 atom stereocenters. The van der Waals surface area contributed by atoms with E-state index < -0.39 is 0 Å². The molecule has 106 valence electrons. The summed E-state index contributed by atoms with van der Waals surface area (Å²) in [4.78, 5) is 0. The number of hydrogen-bond donors (Lipinski definition) is 2. The van der Waals surface area contributed by atoms with E-state index in [9.17, 15) is 0 Å². The number of nitrogens with one attached hydrogen (secondary N) is 1. The van der Waals surface area contributed by atoms with Crippen molar-refractivity contribution in [1.29, 1.82) is 0 Å². The molecule has 2 aromatic rings. The molecule has 0 bridgehead atoms. The maximum atomic E-state index is 9.03. The minimum Gasteiger partial charge on any atom is -0.497 e. The first-order valence-corrected chi connectivity index (χ1v) is 6.85. The van der Waals surface area contributed by atoms with Gasteiger partial charge in [-0.25, -0.2) is 0 Å². The van der Waals surface area contributed by atoms with Gasteiger partial charge in [-0.2, -0.15) is 0 Å². The Morgan fingerprint density at radius 3 is 2.35 bits per heavy atom. The third-order valence-corrected chi connectivity index (χ3v) is 3.30. The fourth-order valence-electron chi connectivity index (χ4n) is 2.23. The van der Waals surface area contributed by atoms with Gasteiger partial charge in [-0.3, -0.25) is 0 Å². The number of methoxy groups -OCH3 is 1. The number of benzene rings is 2. The zero-order chi connectivity index (χ0) is 14.2. The lowest BCUT2D eigenvalue weighted by Crippen LogP contribution is -2.26. The highest BCUT2D eigenvalue weighted by molar-refractivity contribution is 5.30. The highest BCUT2D eigenvalue weighted by Gasteiger charge is 2.11. The van der Waals surface area contributed by atoms with Crippen LogP contribution >= 0.6 is 0 Å². The molecular weight excluding hydrogens is 250 g/mol. The molecule has 0 heterocycles. The molecule has 2 rings (SSSR count). The first kappa shape index (κ1) is 14.6. The summed E-state index contributed by atoms with van der Waals surface area (Å²) in [5.74, 6) is 0.856. The normalized spacial score (nSPS) is 12.1. The van der Waals surface area contributed by atoms with Gasteiger partial charge in [0.1, 0.15) is 5.75 Å². The molecule has 3 nitrogen and oxygen atoms in total. The zero-order valence-electron chi connectivity index (χ0n) is 11.8. The van der Waals surface area contributed by atoms with E-state index in [0.717, 1.165) is 12.2 Å². The van der Waals surface area contributed by atoms with Crippen LogP contribution < -0.4 is 10.1 Å². The largest absolute Gasteiger partial charge is 0.497 e. The van der Waals surface area contributed by atoms with Crippen LogP contribution in [-0.2, 0) is 6.42 Å². The second-order valence-corrected chi connectivity index (χ2v) is 4.69. The van der Waals surface area contributed by atoms with Gasteiger partial charge in [-0.1, -0.05) is 42.5 Å². The predicted octanol–water partition coefficient (Wildman–Crippen LogP) is 2.56. The molecule has 0 spiro atoms. The highest BCUT2D eigenvalue weighted by Crippen LogP contribution is 2.21. The Balaban J connectivity index is 2.13. The standard InChI is InChI=1S/C17H21NO2/c1-20-16-9-7-15(8-10-16)17(18-11-12-19)13-14-5-3-2-4-6-14/h2-10,17-19H,11-13H2,1H3. The second-order valence-electron chi connectivity index (χ2n) is 4.69. The van der Waals surface area contributed by atoms with E-state index in [-0.39, 0.29) is 12.6 Å². The molecule has 0 saturated heterocycles.